The first kappa shape index (κ1) is 15.7. The minimum atomic E-state index is -3.24. The van der Waals surface area contributed by atoms with Crippen LogP contribution in [0.4, 0.5) is 4.39 Å². The predicted octanol–water partition coefficient (Wildman–Crippen LogP) is 2.57. The summed E-state index contributed by atoms with van der Waals surface area (Å²) >= 11 is 0. The van der Waals surface area contributed by atoms with E-state index in [-0.39, 0.29) is 12.4 Å². The maximum atomic E-state index is 12.7. The van der Waals surface area contributed by atoms with Crippen molar-refractivity contribution in [3.05, 3.63) is 30.1 Å². The Labute approximate surface area is 111 Å². The Morgan fingerprint density at radius 3 is 2.53 bits per heavy atom. The first-order valence-corrected chi connectivity index (χ1v) is 7.88. The summed E-state index contributed by atoms with van der Waals surface area (Å²) in [4.78, 5) is 11.4. The highest BCUT2D eigenvalue weighted by Crippen LogP contribution is 2.39. The minimum absolute atomic E-state index is 0.248. The summed E-state index contributed by atoms with van der Waals surface area (Å²) in [5.74, 6) is -0.658. The molecule has 7 heteroatoms. The second kappa shape index (κ2) is 6.68. The largest absolute Gasteiger partial charge is 0.465 e. The molecule has 0 spiro atoms. The molecular weight excluding hydrogens is 272 g/mol. The van der Waals surface area contributed by atoms with Gasteiger partial charge in [-0.1, -0.05) is 0 Å². The number of rotatable bonds is 6. The molecule has 1 aromatic carbocycles. The number of carbonyl (C=O) groups excluding carboxylic acids is 1. The number of ether oxygens (including phenoxy) is 1. The Morgan fingerprint density at radius 1 is 1.42 bits per heavy atom. The molecule has 0 aliphatic carbocycles. The number of nitrogens with one attached hydrogen (secondary N) is 1. The van der Waals surface area contributed by atoms with Crippen molar-refractivity contribution in [3.8, 4) is 5.75 Å². The van der Waals surface area contributed by atoms with Gasteiger partial charge in [0.25, 0.3) is 0 Å². The van der Waals surface area contributed by atoms with Crippen LogP contribution in [0.15, 0.2) is 24.3 Å². The molecular formula is C12H17FNO4P. The lowest BCUT2D eigenvalue weighted by Crippen LogP contribution is -2.34. The second-order valence-electron chi connectivity index (χ2n) is 3.99. The van der Waals surface area contributed by atoms with E-state index in [1.807, 2.05) is 0 Å². The van der Waals surface area contributed by atoms with Crippen molar-refractivity contribution >= 4 is 13.5 Å². The lowest BCUT2D eigenvalue weighted by Gasteiger charge is -2.20. The fourth-order valence-corrected chi connectivity index (χ4v) is 2.78. The van der Waals surface area contributed by atoms with Gasteiger partial charge in [0, 0.05) is 6.66 Å². The highest BCUT2D eigenvalue weighted by atomic mass is 31.2. The first-order chi connectivity index (χ1) is 8.84. The van der Waals surface area contributed by atoms with Crippen molar-refractivity contribution < 1.29 is 23.0 Å². The number of esters is 1. The third kappa shape index (κ3) is 5.41. The van der Waals surface area contributed by atoms with Gasteiger partial charge in [0.2, 0.25) is 0 Å². The van der Waals surface area contributed by atoms with Crippen LogP contribution in [0, 0.1) is 5.82 Å². The standard InChI is InChI=1S/C12H17FNO4P/c1-4-17-12(15)9(2)14-19(3,16)18-11-7-5-10(13)6-8-11/h5-9H,4H2,1-3H3,(H,14,16)/t9-,19?/m0/s1. The van der Waals surface area contributed by atoms with Gasteiger partial charge in [-0.25, -0.2) is 9.48 Å². The van der Waals surface area contributed by atoms with Crippen LogP contribution in [0.5, 0.6) is 5.75 Å². The Balaban J connectivity index is 2.63. The normalized spacial score (nSPS) is 15.4. The molecule has 0 saturated carbocycles. The molecule has 5 nitrogen and oxygen atoms in total. The molecule has 0 heterocycles. The summed E-state index contributed by atoms with van der Waals surface area (Å²) in [6, 6.07) is 4.37. The van der Waals surface area contributed by atoms with E-state index in [1.54, 1.807) is 6.92 Å². The van der Waals surface area contributed by atoms with Crippen molar-refractivity contribution in [3.63, 3.8) is 0 Å². The topological polar surface area (TPSA) is 64.6 Å². The van der Waals surface area contributed by atoms with Crippen molar-refractivity contribution in [1.29, 1.82) is 0 Å². The SMILES string of the molecule is CCOC(=O)[C@H](C)NP(C)(=O)Oc1ccc(F)cc1. The van der Waals surface area contributed by atoms with Gasteiger partial charge in [0.05, 0.1) is 6.61 Å². The van der Waals surface area contributed by atoms with E-state index in [1.165, 1.54) is 37.9 Å². The summed E-state index contributed by atoms with van der Waals surface area (Å²) in [5, 5.41) is 2.57. The van der Waals surface area contributed by atoms with Crippen LogP contribution in [0.2, 0.25) is 0 Å². The van der Waals surface area contributed by atoms with Gasteiger partial charge < -0.3 is 9.26 Å². The lowest BCUT2D eigenvalue weighted by molar-refractivity contribution is -0.144. The quantitative estimate of drug-likeness (QED) is 0.644. The Bertz CT molecular complexity index is 477. The molecule has 1 aromatic rings. The van der Waals surface area contributed by atoms with E-state index < -0.39 is 25.3 Å². The molecule has 0 amide bonds. The number of hydrogen-bond donors (Lipinski definition) is 1. The summed E-state index contributed by atoms with van der Waals surface area (Å²) in [7, 11) is -3.24. The lowest BCUT2D eigenvalue weighted by atomic mass is 10.3. The predicted molar refractivity (Wildman–Crippen MR) is 69.8 cm³/mol. The van der Waals surface area contributed by atoms with Gasteiger partial charge in [0.15, 0.2) is 0 Å². The first-order valence-electron chi connectivity index (χ1n) is 5.81. The number of halogens is 1. The smallest absolute Gasteiger partial charge is 0.323 e. The van der Waals surface area contributed by atoms with Crippen molar-refractivity contribution in [2.24, 2.45) is 0 Å². The minimum Gasteiger partial charge on any atom is -0.465 e. The van der Waals surface area contributed by atoms with E-state index >= 15 is 0 Å². The molecule has 0 bridgehead atoms. The van der Waals surface area contributed by atoms with Gasteiger partial charge in [-0.05, 0) is 38.1 Å². The summed E-state index contributed by atoms with van der Waals surface area (Å²) in [5.41, 5.74) is 0. The monoisotopic (exact) mass is 289 g/mol. The fraction of sp³-hybridized carbons (Fsp3) is 0.417. The average molecular weight is 289 g/mol. The molecule has 0 fully saturated rings. The fourth-order valence-electron chi connectivity index (χ4n) is 1.39. The molecule has 0 aromatic heterocycles. The molecule has 0 radical (unpaired) electrons. The van der Waals surface area contributed by atoms with Crippen LogP contribution in [0.25, 0.3) is 0 Å². The summed E-state index contributed by atoms with van der Waals surface area (Å²) in [6.07, 6.45) is 0. The van der Waals surface area contributed by atoms with Crippen LogP contribution >= 0.6 is 7.52 Å². The van der Waals surface area contributed by atoms with E-state index in [9.17, 15) is 13.8 Å². The van der Waals surface area contributed by atoms with Crippen molar-refractivity contribution in [2.45, 2.75) is 19.9 Å². The Kier molecular flexibility index (Phi) is 5.51. The highest BCUT2D eigenvalue weighted by Gasteiger charge is 2.25. The Morgan fingerprint density at radius 2 is 2.00 bits per heavy atom. The van der Waals surface area contributed by atoms with E-state index in [2.05, 4.69) is 5.09 Å². The molecule has 0 saturated heterocycles. The zero-order chi connectivity index (χ0) is 14.5. The average Bonchev–Trinajstić information content (AvgIpc) is 2.31. The van der Waals surface area contributed by atoms with Crippen LogP contribution < -0.4 is 9.61 Å². The van der Waals surface area contributed by atoms with Gasteiger partial charge in [-0.15, -0.1) is 0 Å². The van der Waals surface area contributed by atoms with E-state index in [0.29, 0.717) is 0 Å². The zero-order valence-electron chi connectivity index (χ0n) is 11.1. The number of benzene rings is 1. The third-order valence-electron chi connectivity index (χ3n) is 2.16. The highest BCUT2D eigenvalue weighted by molar-refractivity contribution is 7.56. The zero-order valence-corrected chi connectivity index (χ0v) is 11.9. The molecule has 1 rings (SSSR count). The van der Waals surface area contributed by atoms with E-state index in [4.69, 9.17) is 9.26 Å². The molecule has 1 N–H and O–H groups in total. The van der Waals surface area contributed by atoms with Crippen LogP contribution in [-0.2, 0) is 14.1 Å². The maximum absolute atomic E-state index is 12.7. The van der Waals surface area contributed by atoms with Crippen LogP contribution in [0.1, 0.15) is 13.8 Å². The maximum Gasteiger partial charge on any atom is 0.323 e. The van der Waals surface area contributed by atoms with E-state index in [0.717, 1.165) is 0 Å². The van der Waals surface area contributed by atoms with Gasteiger partial charge in [-0.2, -0.15) is 0 Å². The number of carbonyl (C=O) groups is 1. The molecule has 2 atom stereocenters. The second-order valence-corrected chi connectivity index (χ2v) is 6.13. The van der Waals surface area contributed by atoms with Crippen LogP contribution in [-0.4, -0.2) is 25.3 Å². The molecule has 0 aliphatic rings. The molecule has 0 aliphatic heterocycles. The van der Waals surface area contributed by atoms with Gasteiger partial charge in [0.1, 0.15) is 17.6 Å². The molecule has 19 heavy (non-hydrogen) atoms. The Hall–Kier alpha value is -1.39. The van der Waals surface area contributed by atoms with Crippen molar-refractivity contribution in [2.75, 3.05) is 13.3 Å². The van der Waals surface area contributed by atoms with Crippen LogP contribution in [0.3, 0.4) is 0 Å². The molecule has 1 unspecified atom stereocenters. The third-order valence-corrected chi connectivity index (χ3v) is 3.58. The van der Waals surface area contributed by atoms with Gasteiger partial charge in [-0.3, -0.25) is 9.36 Å². The number of hydrogen-bond acceptors (Lipinski definition) is 4. The molecule has 106 valence electrons. The summed E-state index contributed by atoms with van der Waals surface area (Å²) in [6.45, 7) is 4.80. The summed E-state index contributed by atoms with van der Waals surface area (Å²) < 4.78 is 34.9. The van der Waals surface area contributed by atoms with Crippen molar-refractivity contribution in [1.82, 2.24) is 5.09 Å². The van der Waals surface area contributed by atoms with Gasteiger partial charge >= 0.3 is 13.5 Å².